The summed E-state index contributed by atoms with van der Waals surface area (Å²) in [6, 6.07) is 2.15. The molecular weight excluding hydrogens is 523 g/mol. The number of esters is 2. The Hall–Kier alpha value is -2.87. The molecule has 0 radical (unpaired) electrons. The molecule has 2 aliphatic rings. The van der Waals surface area contributed by atoms with E-state index >= 15 is 0 Å². The molecule has 1 N–H and O–H groups in total. The first kappa shape index (κ1) is 25.2. The van der Waals surface area contributed by atoms with Gasteiger partial charge in [0, 0.05) is 46.9 Å². The normalized spacial score (nSPS) is 19.9. The van der Waals surface area contributed by atoms with Crippen LogP contribution in [0.1, 0.15) is 23.0 Å². The SMILES string of the molecule is COC(=O)CS(=O)(=O)N[C@H]1CC2=C(C(=O)OC)[C@H](c3ccc(F)cc3Cl)N=C(c3nccs3)N2C1. The van der Waals surface area contributed by atoms with E-state index in [0.29, 0.717) is 22.1 Å². The van der Waals surface area contributed by atoms with E-state index in [-0.39, 0.29) is 23.6 Å². The maximum atomic E-state index is 13.7. The van der Waals surface area contributed by atoms with Crippen LogP contribution in [0, 0.1) is 5.82 Å². The number of sulfonamides is 1. The molecule has 0 bridgehead atoms. The number of aliphatic imine (C=N–C) groups is 1. The summed E-state index contributed by atoms with van der Waals surface area (Å²) in [5, 5.41) is 2.36. The van der Waals surface area contributed by atoms with Crippen LogP contribution in [0.2, 0.25) is 5.02 Å². The van der Waals surface area contributed by atoms with E-state index in [1.165, 1.54) is 30.6 Å². The highest BCUT2D eigenvalue weighted by Crippen LogP contribution is 2.42. The zero-order chi connectivity index (χ0) is 25.3. The minimum absolute atomic E-state index is 0.0704. The average molecular weight is 543 g/mol. The molecule has 2 aliphatic heterocycles. The van der Waals surface area contributed by atoms with E-state index in [4.69, 9.17) is 21.3 Å². The highest BCUT2D eigenvalue weighted by Gasteiger charge is 2.43. The van der Waals surface area contributed by atoms with Crippen LogP contribution in [-0.2, 0) is 29.1 Å². The molecule has 186 valence electrons. The van der Waals surface area contributed by atoms with Crippen molar-refractivity contribution in [3.05, 3.63) is 62.5 Å². The lowest BCUT2D eigenvalue weighted by atomic mass is 9.94. The molecular formula is C21H20ClFN4O6S2. The largest absolute Gasteiger partial charge is 0.468 e. The van der Waals surface area contributed by atoms with E-state index in [1.54, 1.807) is 16.5 Å². The smallest absolute Gasteiger partial charge is 0.338 e. The first-order valence-corrected chi connectivity index (χ1v) is 13.1. The number of rotatable bonds is 7. The number of aromatic nitrogens is 1. The number of nitrogens with one attached hydrogen (secondary N) is 1. The van der Waals surface area contributed by atoms with E-state index in [0.717, 1.165) is 13.2 Å². The number of halogens is 2. The van der Waals surface area contributed by atoms with Gasteiger partial charge in [-0.05, 0) is 12.1 Å². The second kappa shape index (κ2) is 10.0. The second-order valence-electron chi connectivity index (χ2n) is 7.68. The number of hydrogen-bond donors (Lipinski definition) is 1. The molecule has 0 saturated carbocycles. The van der Waals surface area contributed by atoms with Crippen molar-refractivity contribution in [2.75, 3.05) is 26.5 Å². The molecule has 1 saturated heterocycles. The third-order valence-electron chi connectivity index (χ3n) is 5.43. The summed E-state index contributed by atoms with van der Waals surface area (Å²) in [5.41, 5.74) is 0.994. The monoisotopic (exact) mass is 542 g/mol. The molecule has 0 spiro atoms. The maximum Gasteiger partial charge on any atom is 0.338 e. The van der Waals surface area contributed by atoms with Gasteiger partial charge in [-0.1, -0.05) is 17.7 Å². The van der Waals surface area contributed by atoms with Gasteiger partial charge in [-0.3, -0.25) is 9.79 Å². The number of methoxy groups -OCH3 is 2. The summed E-state index contributed by atoms with van der Waals surface area (Å²) in [6.07, 6.45) is 1.69. The maximum absolute atomic E-state index is 13.7. The minimum Gasteiger partial charge on any atom is -0.468 e. The van der Waals surface area contributed by atoms with E-state index in [2.05, 4.69) is 14.4 Å². The lowest BCUT2D eigenvalue weighted by Gasteiger charge is -2.31. The Morgan fingerprint density at radius 3 is 2.71 bits per heavy atom. The van der Waals surface area contributed by atoms with Gasteiger partial charge >= 0.3 is 11.9 Å². The lowest BCUT2D eigenvalue weighted by molar-refractivity contribution is -0.138. The molecule has 14 heteroatoms. The first-order valence-electron chi connectivity index (χ1n) is 10.2. The zero-order valence-corrected chi connectivity index (χ0v) is 20.9. The summed E-state index contributed by atoms with van der Waals surface area (Å²) in [7, 11) is -1.70. The standard InChI is InChI=1S/C21H20ClFN4O6S2/c1-32-16(28)10-35(30,31)26-12-8-15-17(21(29)33-2)18(13-4-3-11(23)7-14(13)22)25-19(27(15)9-12)20-24-5-6-34-20/h3-7,12,18,26H,8-10H2,1-2H3/t12-,18-/m0/s1. The molecule has 1 fully saturated rings. The fraction of sp³-hybridized carbons (Fsp3) is 0.333. The number of fused-ring (bicyclic) bond motifs is 1. The van der Waals surface area contributed by atoms with Crippen molar-refractivity contribution in [3.8, 4) is 0 Å². The van der Waals surface area contributed by atoms with Crippen molar-refractivity contribution >= 4 is 50.7 Å². The second-order valence-corrected chi connectivity index (χ2v) is 10.7. The van der Waals surface area contributed by atoms with E-state index < -0.39 is 45.6 Å². The molecule has 2 aromatic rings. The van der Waals surface area contributed by atoms with Crippen LogP contribution in [0.25, 0.3) is 0 Å². The van der Waals surface area contributed by atoms with E-state index in [9.17, 15) is 22.4 Å². The zero-order valence-electron chi connectivity index (χ0n) is 18.5. The summed E-state index contributed by atoms with van der Waals surface area (Å²) < 4.78 is 50.6. The third-order valence-corrected chi connectivity index (χ3v) is 7.83. The van der Waals surface area contributed by atoms with Gasteiger partial charge in [0.15, 0.2) is 16.6 Å². The van der Waals surface area contributed by atoms with Gasteiger partial charge in [0.05, 0.1) is 19.8 Å². The summed E-state index contributed by atoms with van der Waals surface area (Å²) in [6.45, 7) is 0.124. The molecule has 10 nitrogen and oxygen atoms in total. The van der Waals surface area contributed by atoms with Crippen molar-refractivity contribution < 1.29 is 31.9 Å². The Balaban J connectivity index is 1.80. The van der Waals surface area contributed by atoms with Crippen molar-refractivity contribution in [2.24, 2.45) is 4.99 Å². The van der Waals surface area contributed by atoms with Crippen molar-refractivity contribution in [1.82, 2.24) is 14.6 Å². The number of thiazole rings is 1. The first-order chi connectivity index (χ1) is 16.6. The highest BCUT2D eigenvalue weighted by atomic mass is 35.5. The van der Waals surface area contributed by atoms with Crippen LogP contribution in [0.15, 0.2) is 46.0 Å². The summed E-state index contributed by atoms with van der Waals surface area (Å²) in [5.74, 6) is -2.57. The van der Waals surface area contributed by atoms with Gasteiger partial charge in [-0.15, -0.1) is 11.3 Å². The number of carbonyl (C=O) groups excluding carboxylic acids is 2. The molecule has 3 heterocycles. The van der Waals surface area contributed by atoms with Crippen LogP contribution in [-0.4, -0.2) is 68.6 Å². The Bertz CT molecular complexity index is 1330. The molecule has 4 rings (SSSR count). The highest BCUT2D eigenvalue weighted by molar-refractivity contribution is 7.90. The Labute approximate surface area is 209 Å². The molecule has 1 aromatic heterocycles. The van der Waals surface area contributed by atoms with Crippen molar-refractivity contribution in [2.45, 2.75) is 18.5 Å². The molecule has 1 aromatic carbocycles. The number of ether oxygens (including phenoxy) is 2. The Morgan fingerprint density at radius 1 is 1.31 bits per heavy atom. The topological polar surface area (TPSA) is 127 Å². The van der Waals surface area contributed by atoms with E-state index in [1.807, 2.05) is 0 Å². The van der Waals surface area contributed by atoms with Crippen molar-refractivity contribution in [1.29, 1.82) is 0 Å². The number of benzene rings is 1. The van der Waals surface area contributed by atoms with Crippen LogP contribution in [0.4, 0.5) is 4.39 Å². The van der Waals surface area contributed by atoms with Crippen LogP contribution in [0.5, 0.6) is 0 Å². The van der Waals surface area contributed by atoms with Gasteiger partial charge in [-0.2, -0.15) is 0 Å². The average Bonchev–Trinajstić information content (AvgIpc) is 3.47. The number of carbonyl (C=O) groups is 2. The number of hydrogen-bond acceptors (Lipinski definition) is 10. The molecule has 0 aliphatic carbocycles. The van der Waals surface area contributed by atoms with Gasteiger partial charge in [-0.25, -0.2) is 27.3 Å². The fourth-order valence-electron chi connectivity index (χ4n) is 4.00. The third kappa shape index (κ3) is 5.22. The van der Waals surface area contributed by atoms with Crippen molar-refractivity contribution in [3.63, 3.8) is 0 Å². The number of amidine groups is 1. The van der Waals surface area contributed by atoms with Gasteiger partial charge in [0.25, 0.3) is 0 Å². The van der Waals surface area contributed by atoms with Gasteiger partial charge < -0.3 is 14.4 Å². The molecule has 2 atom stereocenters. The predicted molar refractivity (Wildman–Crippen MR) is 126 cm³/mol. The van der Waals surface area contributed by atoms with Gasteiger partial charge in [0.2, 0.25) is 10.0 Å². The minimum atomic E-state index is -4.02. The quantitative estimate of drug-likeness (QED) is 0.526. The van der Waals surface area contributed by atoms with Crippen LogP contribution in [0.3, 0.4) is 0 Å². The Morgan fingerprint density at radius 2 is 2.09 bits per heavy atom. The number of nitrogens with zero attached hydrogens (tertiary/aromatic N) is 3. The summed E-state index contributed by atoms with van der Waals surface area (Å²) >= 11 is 7.63. The van der Waals surface area contributed by atoms with Gasteiger partial charge in [0.1, 0.15) is 11.9 Å². The molecule has 0 amide bonds. The predicted octanol–water partition coefficient (Wildman–Crippen LogP) is 2.03. The fourth-order valence-corrected chi connectivity index (χ4v) is 6.09. The summed E-state index contributed by atoms with van der Waals surface area (Å²) in [4.78, 5) is 35.2. The lowest BCUT2D eigenvalue weighted by Crippen LogP contribution is -2.41. The van der Waals surface area contributed by atoms with Crippen LogP contribution < -0.4 is 4.72 Å². The molecule has 0 unspecified atom stereocenters. The van der Waals surface area contributed by atoms with Crippen LogP contribution >= 0.6 is 22.9 Å². The molecule has 35 heavy (non-hydrogen) atoms. The Kier molecular flexibility index (Phi) is 7.22.